The van der Waals surface area contributed by atoms with E-state index in [0.717, 1.165) is 5.56 Å². The van der Waals surface area contributed by atoms with Crippen molar-refractivity contribution in [2.24, 2.45) is 5.92 Å². The SMILES string of the molecule is C[C@@H]1COC(=O)[C@H]1O[C@H]1O[C@H](COC(=O)C=Cc2ccccc2)[C@@H](O)[C@H](O)[C@H]1O. The third-order valence-electron chi connectivity index (χ3n) is 4.79. The van der Waals surface area contributed by atoms with Crippen LogP contribution in [0.2, 0.25) is 0 Å². The van der Waals surface area contributed by atoms with Crippen molar-refractivity contribution < 1.29 is 43.9 Å². The quantitative estimate of drug-likeness (QED) is 0.426. The van der Waals surface area contributed by atoms with Gasteiger partial charge in [-0.15, -0.1) is 0 Å². The summed E-state index contributed by atoms with van der Waals surface area (Å²) in [6.45, 7) is 1.52. The highest BCUT2D eigenvalue weighted by atomic mass is 16.7. The van der Waals surface area contributed by atoms with E-state index in [2.05, 4.69) is 0 Å². The van der Waals surface area contributed by atoms with Crippen LogP contribution in [-0.4, -0.2) is 77.3 Å². The number of carbonyl (C=O) groups is 2. The molecule has 0 aromatic heterocycles. The number of cyclic esters (lactones) is 1. The Hall–Kier alpha value is -2.30. The molecule has 3 rings (SSSR count). The zero-order valence-electron chi connectivity index (χ0n) is 15.8. The van der Waals surface area contributed by atoms with Crippen molar-refractivity contribution in [3.63, 3.8) is 0 Å². The van der Waals surface area contributed by atoms with Gasteiger partial charge in [0.1, 0.15) is 31.0 Å². The fraction of sp³-hybridized carbons (Fsp3) is 0.500. The molecule has 7 atom stereocenters. The molecule has 1 aromatic rings. The molecule has 2 saturated heterocycles. The Morgan fingerprint density at radius 2 is 1.90 bits per heavy atom. The number of esters is 2. The minimum atomic E-state index is -1.61. The number of carbonyl (C=O) groups excluding carboxylic acids is 2. The lowest BCUT2D eigenvalue weighted by Crippen LogP contribution is -2.60. The first-order valence-electron chi connectivity index (χ1n) is 9.28. The standard InChI is InChI=1S/C20H24O9/c1-11-9-27-19(25)18(11)29-20-17(24)16(23)15(22)13(28-20)10-26-14(21)8-7-12-5-3-2-4-6-12/h2-8,11,13,15-18,20,22-24H,9-10H2,1H3/t11-,13-,15-,16+,17-,18+,20-/m1/s1. The lowest BCUT2D eigenvalue weighted by atomic mass is 9.99. The Bertz CT molecular complexity index is 735. The minimum absolute atomic E-state index is 0.173. The summed E-state index contributed by atoms with van der Waals surface area (Å²) in [5, 5.41) is 30.3. The van der Waals surface area contributed by atoms with Gasteiger partial charge in [0.15, 0.2) is 12.4 Å². The van der Waals surface area contributed by atoms with Gasteiger partial charge in [0, 0.05) is 12.0 Å². The van der Waals surface area contributed by atoms with E-state index in [0.29, 0.717) is 0 Å². The summed E-state index contributed by atoms with van der Waals surface area (Å²) in [7, 11) is 0. The molecule has 0 saturated carbocycles. The minimum Gasteiger partial charge on any atom is -0.463 e. The average Bonchev–Trinajstić information content (AvgIpc) is 3.04. The second-order valence-electron chi connectivity index (χ2n) is 7.05. The monoisotopic (exact) mass is 408 g/mol. The zero-order valence-corrected chi connectivity index (χ0v) is 15.8. The van der Waals surface area contributed by atoms with Crippen LogP contribution in [-0.2, 0) is 28.5 Å². The Balaban J connectivity index is 1.57. The van der Waals surface area contributed by atoms with Gasteiger partial charge < -0.3 is 34.3 Å². The largest absolute Gasteiger partial charge is 0.463 e. The molecule has 0 spiro atoms. The Morgan fingerprint density at radius 3 is 2.55 bits per heavy atom. The molecular formula is C20H24O9. The summed E-state index contributed by atoms with van der Waals surface area (Å²) >= 11 is 0. The fourth-order valence-corrected chi connectivity index (χ4v) is 3.06. The molecule has 2 fully saturated rings. The van der Waals surface area contributed by atoms with Crippen LogP contribution in [0.1, 0.15) is 12.5 Å². The molecule has 9 heteroatoms. The predicted octanol–water partition coefficient (Wildman–Crippen LogP) is -0.371. The maximum absolute atomic E-state index is 11.9. The first-order valence-corrected chi connectivity index (χ1v) is 9.28. The van der Waals surface area contributed by atoms with Crippen molar-refractivity contribution in [1.82, 2.24) is 0 Å². The highest BCUT2D eigenvalue weighted by Gasteiger charge is 2.47. The topological polar surface area (TPSA) is 132 Å². The van der Waals surface area contributed by atoms with E-state index in [9.17, 15) is 24.9 Å². The number of aliphatic hydroxyl groups excluding tert-OH is 3. The third-order valence-corrected chi connectivity index (χ3v) is 4.79. The molecule has 0 unspecified atom stereocenters. The van der Waals surface area contributed by atoms with E-state index in [1.807, 2.05) is 30.3 Å². The van der Waals surface area contributed by atoms with Crippen LogP contribution in [0.4, 0.5) is 0 Å². The van der Waals surface area contributed by atoms with Crippen LogP contribution < -0.4 is 0 Å². The molecule has 3 N–H and O–H groups in total. The molecule has 9 nitrogen and oxygen atoms in total. The van der Waals surface area contributed by atoms with Crippen LogP contribution in [0.3, 0.4) is 0 Å². The second kappa shape index (κ2) is 9.47. The number of hydrogen-bond donors (Lipinski definition) is 3. The van der Waals surface area contributed by atoms with Gasteiger partial charge in [0.05, 0.1) is 6.61 Å². The van der Waals surface area contributed by atoms with Gasteiger partial charge in [0.2, 0.25) is 0 Å². The van der Waals surface area contributed by atoms with E-state index < -0.39 is 48.7 Å². The van der Waals surface area contributed by atoms with Crippen LogP contribution in [0.15, 0.2) is 36.4 Å². The number of hydrogen-bond acceptors (Lipinski definition) is 9. The van der Waals surface area contributed by atoms with Gasteiger partial charge in [-0.2, -0.15) is 0 Å². The van der Waals surface area contributed by atoms with Crippen molar-refractivity contribution in [1.29, 1.82) is 0 Å². The van der Waals surface area contributed by atoms with E-state index in [1.54, 1.807) is 13.0 Å². The summed E-state index contributed by atoms with van der Waals surface area (Å²) in [4.78, 5) is 23.6. The van der Waals surface area contributed by atoms with E-state index in [1.165, 1.54) is 6.08 Å². The van der Waals surface area contributed by atoms with Gasteiger partial charge in [-0.25, -0.2) is 9.59 Å². The van der Waals surface area contributed by atoms with E-state index >= 15 is 0 Å². The first-order chi connectivity index (χ1) is 13.9. The summed E-state index contributed by atoms with van der Waals surface area (Å²) in [5.74, 6) is -1.53. The van der Waals surface area contributed by atoms with Gasteiger partial charge in [-0.3, -0.25) is 0 Å². The third kappa shape index (κ3) is 5.20. The average molecular weight is 408 g/mol. The predicted molar refractivity (Wildman–Crippen MR) is 98.1 cm³/mol. The molecule has 0 amide bonds. The highest BCUT2D eigenvalue weighted by molar-refractivity contribution is 5.87. The number of ether oxygens (including phenoxy) is 4. The molecule has 2 aliphatic rings. The first kappa shape index (κ1) is 21.4. The zero-order chi connectivity index (χ0) is 21.0. The molecule has 2 heterocycles. The maximum atomic E-state index is 11.9. The highest BCUT2D eigenvalue weighted by Crippen LogP contribution is 2.27. The van der Waals surface area contributed by atoms with Crippen molar-refractivity contribution in [3.05, 3.63) is 42.0 Å². The number of rotatable bonds is 6. The lowest BCUT2D eigenvalue weighted by Gasteiger charge is -2.40. The normalized spacial score (nSPS) is 34.9. The fourth-order valence-electron chi connectivity index (χ4n) is 3.06. The molecule has 29 heavy (non-hydrogen) atoms. The summed E-state index contributed by atoms with van der Waals surface area (Å²) in [6, 6.07) is 9.12. The van der Waals surface area contributed by atoms with Crippen molar-refractivity contribution in [2.75, 3.05) is 13.2 Å². The molecule has 0 aliphatic carbocycles. The van der Waals surface area contributed by atoms with E-state index in [4.69, 9.17) is 18.9 Å². The number of benzene rings is 1. The van der Waals surface area contributed by atoms with E-state index in [-0.39, 0.29) is 19.1 Å². The Morgan fingerprint density at radius 1 is 1.17 bits per heavy atom. The van der Waals surface area contributed by atoms with Crippen molar-refractivity contribution >= 4 is 18.0 Å². The van der Waals surface area contributed by atoms with Crippen molar-refractivity contribution in [3.8, 4) is 0 Å². The smallest absolute Gasteiger partial charge is 0.335 e. The summed E-state index contributed by atoms with van der Waals surface area (Å²) < 4.78 is 20.9. The second-order valence-corrected chi connectivity index (χ2v) is 7.05. The molecular weight excluding hydrogens is 384 g/mol. The Kier molecular flexibility index (Phi) is 6.99. The van der Waals surface area contributed by atoms with Gasteiger partial charge >= 0.3 is 11.9 Å². The maximum Gasteiger partial charge on any atom is 0.335 e. The molecule has 0 radical (unpaired) electrons. The van der Waals surface area contributed by atoms with Crippen LogP contribution >= 0.6 is 0 Å². The summed E-state index contributed by atoms with van der Waals surface area (Å²) in [5.41, 5.74) is 0.808. The van der Waals surface area contributed by atoms with Crippen molar-refractivity contribution in [2.45, 2.75) is 43.7 Å². The summed E-state index contributed by atoms with van der Waals surface area (Å²) in [6.07, 6.45) is -5.42. The van der Waals surface area contributed by atoms with Crippen LogP contribution in [0, 0.1) is 5.92 Å². The van der Waals surface area contributed by atoms with Crippen LogP contribution in [0.5, 0.6) is 0 Å². The lowest BCUT2D eigenvalue weighted by molar-refractivity contribution is -0.310. The molecule has 158 valence electrons. The van der Waals surface area contributed by atoms with Crippen LogP contribution in [0.25, 0.3) is 6.08 Å². The molecule has 2 aliphatic heterocycles. The Labute approximate surface area is 167 Å². The van der Waals surface area contributed by atoms with Gasteiger partial charge in [0.25, 0.3) is 0 Å². The van der Waals surface area contributed by atoms with Gasteiger partial charge in [-0.1, -0.05) is 37.3 Å². The number of aliphatic hydroxyl groups is 3. The van der Waals surface area contributed by atoms with Gasteiger partial charge in [-0.05, 0) is 11.6 Å². The molecule has 0 bridgehead atoms. The molecule has 1 aromatic carbocycles.